The summed E-state index contributed by atoms with van der Waals surface area (Å²) in [6.07, 6.45) is 0. The molecule has 7 nitrogen and oxygen atoms in total. The third-order valence-electron chi connectivity index (χ3n) is 17.8. The maximum atomic E-state index is 5.31. The van der Waals surface area contributed by atoms with E-state index in [2.05, 4.69) is 291 Å². The lowest BCUT2D eigenvalue weighted by atomic mass is 9.98. The predicted octanol–water partition coefficient (Wildman–Crippen LogP) is 20.6. The molecule has 0 aliphatic rings. The standard InChI is InChI=1S/C81H51N7/c1-5-21-52(22-6-1)79-82-80(53-23-7-2-8-24-53)84-81(83-79)58-41-46-76(87-71-35-19-14-29-61(71)62-30-15-20-36-72(62)87)78(51-58)88-74-44-39-55(54-38-43-73-66(47-54)64-32-16-18-34-70(64)85(73)59-25-9-3-10-26-59)48-67(74)68-49-56(40-45-75(68)88)57-37-42-65-63-31-13-17-33-69(63)86(77(65)50-57)60-27-11-4-12-28-60/h1-51H. The second kappa shape index (κ2) is 19.8. The highest BCUT2D eigenvalue weighted by molar-refractivity contribution is 6.16. The van der Waals surface area contributed by atoms with E-state index >= 15 is 0 Å². The van der Waals surface area contributed by atoms with Crippen LogP contribution in [0.25, 0.3) is 166 Å². The first kappa shape index (κ1) is 49.5. The first-order valence-electron chi connectivity index (χ1n) is 29.9. The molecular formula is C81H51N7. The Labute approximate surface area is 506 Å². The first-order chi connectivity index (χ1) is 43.6. The fourth-order valence-corrected chi connectivity index (χ4v) is 13.8. The second-order valence-electron chi connectivity index (χ2n) is 22.8. The zero-order valence-corrected chi connectivity index (χ0v) is 47.6. The first-order valence-corrected chi connectivity index (χ1v) is 29.9. The van der Waals surface area contributed by atoms with Gasteiger partial charge in [0.15, 0.2) is 17.5 Å². The maximum Gasteiger partial charge on any atom is 0.164 e. The fourth-order valence-electron chi connectivity index (χ4n) is 13.8. The molecule has 0 aliphatic heterocycles. The van der Waals surface area contributed by atoms with Crippen LogP contribution in [0.15, 0.2) is 309 Å². The highest BCUT2D eigenvalue weighted by Gasteiger charge is 2.24. The van der Waals surface area contributed by atoms with Gasteiger partial charge in [-0.05, 0) is 131 Å². The zero-order chi connectivity index (χ0) is 57.8. The monoisotopic (exact) mass is 1120 g/mol. The molecule has 0 saturated carbocycles. The number of benzene rings is 13. The van der Waals surface area contributed by atoms with Gasteiger partial charge in [0.2, 0.25) is 0 Å². The molecule has 0 atom stereocenters. The Morgan fingerprint density at radius 3 is 0.955 bits per heavy atom. The van der Waals surface area contributed by atoms with E-state index in [1.165, 1.54) is 48.9 Å². The normalized spacial score (nSPS) is 11.9. The summed E-state index contributed by atoms with van der Waals surface area (Å²) in [5.41, 5.74) is 20.6. The summed E-state index contributed by atoms with van der Waals surface area (Å²) in [6.45, 7) is 0. The zero-order valence-electron chi connectivity index (χ0n) is 47.6. The number of nitrogens with zero attached hydrogens (tertiary/aromatic N) is 7. The minimum atomic E-state index is 0.584. The van der Waals surface area contributed by atoms with Crippen molar-refractivity contribution in [2.45, 2.75) is 0 Å². The van der Waals surface area contributed by atoms with Crippen LogP contribution in [0.4, 0.5) is 0 Å². The Morgan fingerprint density at radius 1 is 0.170 bits per heavy atom. The van der Waals surface area contributed by atoms with E-state index in [1.54, 1.807) is 0 Å². The Morgan fingerprint density at radius 2 is 0.477 bits per heavy atom. The second-order valence-corrected chi connectivity index (χ2v) is 22.8. The molecule has 5 heterocycles. The van der Waals surface area contributed by atoms with Gasteiger partial charge < -0.3 is 18.3 Å². The van der Waals surface area contributed by atoms with Crippen LogP contribution in [0.3, 0.4) is 0 Å². The lowest BCUT2D eigenvalue weighted by molar-refractivity contribution is 1.06. The van der Waals surface area contributed by atoms with Crippen LogP contribution in [0.1, 0.15) is 0 Å². The largest absolute Gasteiger partial charge is 0.309 e. The number of rotatable bonds is 9. The van der Waals surface area contributed by atoms with Gasteiger partial charge in [0, 0.05) is 71.2 Å². The van der Waals surface area contributed by atoms with Crippen LogP contribution in [0.2, 0.25) is 0 Å². The van der Waals surface area contributed by atoms with Crippen LogP contribution in [-0.2, 0) is 0 Å². The third-order valence-corrected chi connectivity index (χ3v) is 17.8. The lowest BCUT2D eigenvalue weighted by Crippen LogP contribution is -2.05. The summed E-state index contributed by atoms with van der Waals surface area (Å²) in [5, 5.41) is 9.53. The van der Waals surface area contributed by atoms with Crippen molar-refractivity contribution in [1.29, 1.82) is 0 Å². The Hall–Kier alpha value is -11.9. The number of hydrogen-bond donors (Lipinski definition) is 0. The minimum absolute atomic E-state index is 0.584. The highest BCUT2D eigenvalue weighted by Crippen LogP contribution is 2.44. The summed E-state index contributed by atoms with van der Waals surface area (Å²) in [5.74, 6) is 1.81. The summed E-state index contributed by atoms with van der Waals surface area (Å²) < 4.78 is 9.70. The molecule has 0 aliphatic carbocycles. The molecule has 410 valence electrons. The van der Waals surface area contributed by atoms with Crippen molar-refractivity contribution < 1.29 is 0 Å². The van der Waals surface area contributed by atoms with Crippen LogP contribution in [0, 0.1) is 0 Å². The van der Waals surface area contributed by atoms with E-state index in [4.69, 9.17) is 15.0 Å². The number of hydrogen-bond acceptors (Lipinski definition) is 3. The van der Waals surface area contributed by atoms with E-state index in [0.717, 1.165) is 100 Å². The van der Waals surface area contributed by atoms with Gasteiger partial charge in [-0.1, -0.05) is 200 Å². The van der Waals surface area contributed by atoms with Gasteiger partial charge in [0.25, 0.3) is 0 Å². The molecule has 5 aromatic heterocycles. The summed E-state index contributed by atoms with van der Waals surface area (Å²) in [7, 11) is 0. The Bertz CT molecular complexity index is 5680. The van der Waals surface area contributed by atoms with Gasteiger partial charge in [-0.25, -0.2) is 15.0 Å². The van der Waals surface area contributed by atoms with Crippen molar-refractivity contribution in [3.8, 4) is 79.2 Å². The molecule has 0 radical (unpaired) electrons. The topological polar surface area (TPSA) is 58.4 Å². The van der Waals surface area contributed by atoms with Crippen molar-refractivity contribution in [2.24, 2.45) is 0 Å². The summed E-state index contributed by atoms with van der Waals surface area (Å²) in [6, 6.07) is 112. The van der Waals surface area contributed by atoms with Crippen molar-refractivity contribution in [2.75, 3.05) is 0 Å². The van der Waals surface area contributed by atoms with E-state index in [0.29, 0.717) is 17.5 Å². The molecule has 0 saturated heterocycles. The van der Waals surface area contributed by atoms with E-state index in [-0.39, 0.29) is 0 Å². The predicted molar refractivity (Wildman–Crippen MR) is 364 cm³/mol. The molecule has 18 aromatic rings. The van der Waals surface area contributed by atoms with Crippen molar-refractivity contribution >= 4 is 87.2 Å². The molecule has 0 amide bonds. The lowest BCUT2D eigenvalue weighted by Gasteiger charge is -2.18. The van der Waals surface area contributed by atoms with Crippen LogP contribution < -0.4 is 0 Å². The average Bonchev–Trinajstić information content (AvgIpc) is 1.67. The molecule has 88 heavy (non-hydrogen) atoms. The minimum Gasteiger partial charge on any atom is -0.309 e. The SMILES string of the molecule is c1ccc(-c2nc(-c3ccccc3)nc(-c3ccc(-n4c5ccccc5c5ccccc54)c(-n4c5ccc(-c6ccc7c(c6)c6ccccc6n7-c6ccccc6)cc5c5cc(-c6ccc7c8ccccc8n(-c8ccccc8)c7c6)ccc54)c3)n2)cc1. The number of para-hydroxylation sites is 6. The van der Waals surface area contributed by atoms with Gasteiger partial charge in [0.1, 0.15) is 0 Å². The Kier molecular flexibility index (Phi) is 11.2. The van der Waals surface area contributed by atoms with Crippen LogP contribution >= 0.6 is 0 Å². The van der Waals surface area contributed by atoms with Gasteiger partial charge >= 0.3 is 0 Å². The van der Waals surface area contributed by atoms with E-state index in [9.17, 15) is 0 Å². The Balaban J connectivity index is 0.910. The number of fused-ring (bicyclic) bond motifs is 12. The average molecular weight is 1120 g/mol. The molecular weight excluding hydrogens is 1070 g/mol. The third kappa shape index (κ3) is 7.81. The van der Waals surface area contributed by atoms with Gasteiger partial charge in [0.05, 0.1) is 55.5 Å². The van der Waals surface area contributed by atoms with E-state index < -0.39 is 0 Å². The van der Waals surface area contributed by atoms with Crippen molar-refractivity contribution in [3.63, 3.8) is 0 Å². The van der Waals surface area contributed by atoms with Gasteiger partial charge in [-0.15, -0.1) is 0 Å². The van der Waals surface area contributed by atoms with Crippen molar-refractivity contribution in [1.82, 2.24) is 33.2 Å². The molecule has 7 heteroatoms. The molecule has 0 bridgehead atoms. The summed E-state index contributed by atoms with van der Waals surface area (Å²) in [4.78, 5) is 15.7. The molecule has 18 rings (SSSR count). The van der Waals surface area contributed by atoms with Crippen LogP contribution in [-0.4, -0.2) is 33.2 Å². The van der Waals surface area contributed by atoms with Crippen molar-refractivity contribution in [3.05, 3.63) is 309 Å². The van der Waals surface area contributed by atoms with Crippen LogP contribution in [0.5, 0.6) is 0 Å². The molecule has 13 aromatic carbocycles. The highest BCUT2D eigenvalue weighted by atomic mass is 15.1. The smallest absolute Gasteiger partial charge is 0.164 e. The molecule has 0 fully saturated rings. The molecule has 0 N–H and O–H groups in total. The van der Waals surface area contributed by atoms with Gasteiger partial charge in [-0.3, -0.25) is 0 Å². The molecule has 0 unspecified atom stereocenters. The maximum absolute atomic E-state index is 5.31. The number of aromatic nitrogens is 7. The van der Waals surface area contributed by atoms with E-state index in [1.807, 2.05) is 36.4 Å². The fraction of sp³-hybridized carbons (Fsp3) is 0. The van der Waals surface area contributed by atoms with Gasteiger partial charge in [-0.2, -0.15) is 0 Å². The quantitative estimate of drug-likeness (QED) is 0.145. The molecule has 0 spiro atoms. The summed E-state index contributed by atoms with van der Waals surface area (Å²) >= 11 is 0.